The summed E-state index contributed by atoms with van der Waals surface area (Å²) in [5.41, 5.74) is 0.0340. The van der Waals surface area contributed by atoms with E-state index in [1.165, 1.54) is 44.9 Å². The van der Waals surface area contributed by atoms with E-state index in [9.17, 15) is 15.0 Å². The molecule has 1 aromatic carbocycles. The fraction of sp³-hybridized carbons (Fsp3) is 0.755. The van der Waals surface area contributed by atoms with Crippen LogP contribution < -0.4 is 5.32 Å². The van der Waals surface area contributed by atoms with Gasteiger partial charge in [0, 0.05) is 34.3 Å². The Hall–Kier alpha value is -2.44. The van der Waals surface area contributed by atoms with Gasteiger partial charge < -0.3 is 20.4 Å². The van der Waals surface area contributed by atoms with Crippen LogP contribution in [-0.2, 0) is 4.79 Å². The molecule has 2 spiro atoms. The van der Waals surface area contributed by atoms with Crippen molar-refractivity contribution in [2.45, 2.75) is 154 Å². The molecule has 0 radical (unpaired) electrons. The maximum absolute atomic E-state index is 15.1. The van der Waals surface area contributed by atoms with Crippen molar-refractivity contribution in [3.8, 4) is 0 Å². The molecule has 6 bridgehead atoms. The summed E-state index contributed by atoms with van der Waals surface area (Å²) in [6, 6.07) is 10.1. The lowest BCUT2D eigenvalue weighted by atomic mass is 9.32. The molecule has 12 rings (SSSR count). The Morgan fingerprint density at radius 2 is 1.44 bits per heavy atom. The summed E-state index contributed by atoms with van der Waals surface area (Å²) in [4.78, 5) is 31.9. The molecule has 0 saturated heterocycles. The van der Waals surface area contributed by atoms with E-state index >= 15 is 4.79 Å². The number of hydrogen-bond donors (Lipinski definition) is 3. The summed E-state index contributed by atoms with van der Waals surface area (Å²) in [6.07, 6.45) is 26.1. The van der Waals surface area contributed by atoms with Crippen LogP contribution in [0.3, 0.4) is 0 Å². The second-order valence-corrected chi connectivity index (χ2v) is 21.9. The number of fused-ring (bicyclic) bond motifs is 1. The van der Waals surface area contributed by atoms with Crippen molar-refractivity contribution in [3.05, 3.63) is 59.7 Å². The van der Waals surface area contributed by atoms with E-state index in [-0.39, 0.29) is 46.3 Å². The number of rotatable bonds is 8. The second-order valence-electron chi connectivity index (χ2n) is 21.9. The van der Waals surface area contributed by atoms with Crippen molar-refractivity contribution < 1.29 is 19.8 Å². The van der Waals surface area contributed by atoms with Crippen LogP contribution in [0.25, 0.3) is 0 Å². The quantitative estimate of drug-likeness (QED) is 0.231. The van der Waals surface area contributed by atoms with E-state index in [4.69, 9.17) is 0 Å². The molecule has 9 unspecified atom stereocenters. The van der Waals surface area contributed by atoms with Crippen molar-refractivity contribution in [3.63, 3.8) is 0 Å². The number of nitrogens with zero attached hydrogens (tertiary/aromatic N) is 1. The Kier molecular flexibility index (Phi) is 8.57. The molecule has 1 aromatic rings. The normalized spacial score (nSPS) is 47.0. The van der Waals surface area contributed by atoms with Crippen LogP contribution in [0.4, 0.5) is 4.79 Å². The summed E-state index contributed by atoms with van der Waals surface area (Å²) in [5, 5.41) is 28.0. The van der Waals surface area contributed by atoms with Gasteiger partial charge in [-0.3, -0.25) is 4.79 Å². The Morgan fingerprint density at radius 1 is 0.800 bits per heavy atom. The van der Waals surface area contributed by atoms with Crippen LogP contribution in [0, 0.1) is 62.6 Å². The van der Waals surface area contributed by atoms with Gasteiger partial charge in [0.05, 0.1) is 24.3 Å². The molecule has 3 N–H and O–H groups in total. The molecule has 298 valence electrons. The Bertz CT molecular complexity index is 1730. The number of carbonyl (C=O) groups excluding carboxylic acids is 2. The van der Waals surface area contributed by atoms with Gasteiger partial charge >= 0.3 is 6.03 Å². The number of benzene rings is 1. The first-order valence-corrected chi connectivity index (χ1v) is 22.8. The molecule has 11 aliphatic carbocycles. The molecular formula is C49H68N2O4. The van der Waals surface area contributed by atoms with Crippen LogP contribution in [0.15, 0.2) is 54.1 Å². The van der Waals surface area contributed by atoms with Gasteiger partial charge in [0.1, 0.15) is 0 Å². The van der Waals surface area contributed by atoms with Gasteiger partial charge in [0.25, 0.3) is 0 Å². The number of carbonyl (C=O) groups is 2. The first kappa shape index (κ1) is 36.9. The maximum atomic E-state index is 15.1. The topological polar surface area (TPSA) is 89.9 Å². The van der Waals surface area contributed by atoms with Crippen LogP contribution >= 0.6 is 0 Å². The van der Waals surface area contributed by atoms with Gasteiger partial charge in [0.2, 0.25) is 0 Å². The Morgan fingerprint density at radius 3 is 2.13 bits per heavy atom. The summed E-state index contributed by atoms with van der Waals surface area (Å²) >= 11 is 0. The smallest absolute Gasteiger partial charge is 0.317 e. The number of amides is 2. The molecule has 11 aliphatic rings. The van der Waals surface area contributed by atoms with E-state index in [2.05, 4.69) is 61.3 Å². The average Bonchev–Trinajstić information content (AvgIpc) is 3.44. The lowest BCUT2D eigenvalue weighted by Crippen LogP contribution is -2.68. The number of urea groups is 1. The van der Waals surface area contributed by atoms with Crippen molar-refractivity contribution in [1.82, 2.24) is 10.2 Å². The minimum atomic E-state index is -1.06. The van der Waals surface area contributed by atoms with Crippen molar-refractivity contribution in [2.75, 3.05) is 13.1 Å². The zero-order chi connectivity index (χ0) is 38.0. The van der Waals surface area contributed by atoms with Crippen LogP contribution in [0.1, 0.15) is 148 Å². The van der Waals surface area contributed by atoms with Gasteiger partial charge in [0.15, 0.2) is 5.78 Å². The predicted molar refractivity (Wildman–Crippen MR) is 216 cm³/mol. The highest BCUT2D eigenvalue weighted by Crippen LogP contribution is 2.78. The van der Waals surface area contributed by atoms with E-state index in [1.807, 2.05) is 18.2 Å². The molecule has 0 heterocycles. The first-order valence-electron chi connectivity index (χ1n) is 22.8. The molecule has 8 fully saturated rings. The number of nitrogens with one attached hydrogen (secondary N) is 1. The number of aliphatic hydroxyl groups excluding tert-OH is 1. The lowest BCUT2D eigenvalue weighted by molar-refractivity contribution is -0.179. The zero-order valence-corrected chi connectivity index (χ0v) is 34.0. The molecule has 0 aromatic heterocycles. The highest BCUT2D eigenvalue weighted by atomic mass is 16.3. The molecule has 0 aliphatic heterocycles. The SMILES string of the molecule is CC(NC(=O)N(CC12CC3CC(CC(C3)C1)C2)CC1(O)CCC2C34C=CC5(C=C3C(=O)C3CCCCC3)CC(O)CCC5(C)C4CCC21C)c1ccccc1. The summed E-state index contributed by atoms with van der Waals surface area (Å²) in [7, 11) is 0. The van der Waals surface area contributed by atoms with Crippen molar-refractivity contribution in [1.29, 1.82) is 0 Å². The van der Waals surface area contributed by atoms with Crippen molar-refractivity contribution >= 4 is 11.8 Å². The minimum absolute atomic E-state index is 0.0304. The van der Waals surface area contributed by atoms with Gasteiger partial charge in [-0.2, -0.15) is 0 Å². The van der Waals surface area contributed by atoms with E-state index < -0.39 is 16.4 Å². The molecule has 2 amide bonds. The second kappa shape index (κ2) is 12.8. The van der Waals surface area contributed by atoms with E-state index in [0.29, 0.717) is 31.1 Å². The summed E-state index contributed by atoms with van der Waals surface area (Å²) in [5.74, 6) is 3.24. The number of ketones is 1. The van der Waals surface area contributed by atoms with Crippen LogP contribution in [0.5, 0.6) is 0 Å². The third kappa shape index (κ3) is 5.37. The average molecular weight is 749 g/mol. The number of hydrogen-bond acceptors (Lipinski definition) is 4. The summed E-state index contributed by atoms with van der Waals surface area (Å²) < 4.78 is 0. The Labute approximate surface area is 330 Å². The fourth-order valence-electron chi connectivity index (χ4n) is 16.7. The van der Waals surface area contributed by atoms with E-state index in [1.54, 1.807) is 0 Å². The monoisotopic (exact) mass is 749 g/mol. The fourth-order valence-corrected chi connectivity index (χ4v) is 16.7. The van der Waals surface area contributed by atoms with Gasteiger partial charge in [-0.1, -0.05) is 81.7 Å². The third-order valence-electron chi connectivity index (χ3n) is 19.0. The van der Waals surface area contributed by atoms with Gasteiger partial charge in [-0.05, 0) is 149 Å². The first-order chi connectivity index (χ1) is 26.3. The lowest BCUT2D eigenvalue weighted by Gasteiger charge is -2.71. The minimum Gasteiger partial charge on any atom is -0.393 e. The highest BCUT2D eigenvalue weighted by Gasteiger charge is 2.75. The number of Topliss-reactive ketones (excluding diaryl/α,β-unsaturated/α-hetero) is 1. The molecule has 6 nitrogen and oxygen atoms in total. The molecule has 8 saturated carbocycles. The molecular weight excluding hydrogens is 681 g/mol. The number of aliphatic hydroxyl groups is 2. The summed E-state index contributed by atoms with van der Waals surface area (Å²) in [6.45, 7) is 7.99. The molecule has 9 atom stereocenters. The van der Waals surface area contributed by atoms with Gasteiger partial charge in [-0.15, -0.1) is 0 Å². The zero-order valence-electron chi connectivity index (χ0n) is 34.0. The molecule has 6 heteroatoms. The Balaban J connectivity index is 1.01. The predicted octanol–water partition coefficient (Wildman–Crippen LogP) is 9.72. The van der Waals surface area contributed by atoms with Crippen LogP contribution in [-0.4, -0.2) is 51.7 Å². The third-order valence-corrected chi connectivity index (χ3v) is 19.0. The van der Waals surface area contributed by atoms with Crippen LogP contribution in [0.2, 0.25) is 0 Å². The number of allylic oxidation sites excluding steroid dienone is 4. The highest BCUT2D eigenvalue weighted by molar-refractivity contribution is 6.00. The largest absolute Gasteiger partial charge is 0.393 e. The molecule has 55 heavy (non-hydrogen) atoms. The standard InChI is InChI=1S/C49H68N2O4/c1-32(36-10-6-4-7-11-36)50-43(54)51(30-46-25-33-22-34(26-46)24-35(23-33)27-46)31-48(55)19-16-41-45(48,3)18-15-40-44(2)17-14-38(52)28-47(44)20-21-49(40,41)39(29-47)42(53)37-12-8-5-9-13-37/h4,6-7,10-11,20-21,29,32-35,37-38,40-41,52,55H,5,8-9,12-19,22-28,30-31H2,1-3H3,(H,50,54). The maximum Gasteiger partial charge on any atom is 0.317 e. The van der Waals surface area contributed by atoms with Crippen molar-refractivity contribution in [2.24, 2.45) is 62.6 Å². The van der Waals surface area contributed by atoms with Gasteiger partial charge in [-0.25, -0.2) is 4.79 Å². The van der Waals surface area contributed by atoms with E-state index in [0.717, 1.165) is 93.2 Å².